The van der Waals surface area contributed by atoms with Crippen LogP contribution >= 0.6 is 0 Å². The first-order valence-electron chi connectivity index (χ1n) is 7.35. The number of hydrogen-bond acceptors (Lipinski definition) is 4. The van der Waals surface area contributed by atoms with Crippen LogP contribution in [0.25, 0.3) is 11.4 Å². The maximum atomic E-state index is 12.5. The second-order valence-corrected chi connectivity index (χ2v) is 5.32. The minimum Gasteiger partial charge on any atom is -0.435 e. The Labute approximate surface area is 144 Å². The molecular weight excluding hydrogens is 359 g/mol. The molecule has 0 aliphatic heterocycles. The molecule has 0 atom stereocenters. The average molecular weight is 370 g/mol. The summed E-state index contributed by atoms with van der Waals surface area (Å²) >= 11 is 0. The number of halogens is 5. The minimum absolute atomic E-state index is 0.0561. The molecule has 0 amide bonds. The Morgan fingerprint density at radius 1 is 1.00 bits per heavy atom. The lowest BCUT2D eigenvalue weighted by atomic mass is 10.0. The lowest BCUT2D eigenvalue weighted by Crippen LogP contribution is -2.04. The van der Waals surface area contributed by atoms with Gasteiger partial charge in [-0.1, -0.05) is 41.6 Å². The molecular formula is C17H11F5N2O2. The maximum absolute atomic E-state index is 12.5. The van der Waals surface area contributed by atoms with E-state index in [-0.39, 0.29) is 11.6 Å². The van der Waals surface area contributed by atoms with Crippen LogP contribution in [0.5, 0.6) is 5.75 Å². The number of rotatable bonds is 5. The zero-order chi connectivity index (χ0) is 18.7. The number of aromatic nitrogens is 2. The second kappa shape index (κ2) is 7.11. The highest BCUT2D eigenvalue weighted by Crippen LogP contribution is 2.29. The lowest BCUT2D eigenvalue weighted by molar-refractivity contribution is -0.159. The van der Waals surface area contributed by atoms with Crippen LogP contribution in [0.3, 0.4) is 0 Å². The highest BCUT2D eigenvalue weighted by molar-refractivity contribution is 5.55. The number of alkyl halides is 5. The van der Waals surface area contributed by atoms with E-state index < -0.39 is 18.7 Å². The molecule has 9 heteroatoms. The van der Waals surface area contributed by atoms with E-state index in [2.05, 4.69) is 19.4 Å². The highest BCUT2D eigenvalue weighted by Gasteiger charge is 2.38. The van der Waals surface area contributed by atoms with Gasteiger partial charge in [0.25, 0.3) is 0 Å². The molecule has 2 aromatic carbocycles. The summed E-state index contributed by atoms with van der Waals surface area (Å²) in [5, 5.41) is 3.31. The van der Waals surface area contributed by atoms with Crippen molar-refractivity contribution >= 4 is 0 Å². The van der Waals surface area contributed by atoms with Gasteiger partial charge in [-0.05, 0) is 29.7 Å². The minimum atomic E-state index is -4.70. The van der Waals surface area contributed by atoms with E-state index in [1.165, 1.54) is 12.1 Å². The third kappa shape index (κ3) is 4.35. The van der Waals surface area contributed by atoms with E-state index in [0.29, 0.717) is 12.0 Å². The zero-order valence-corrected chi connectivity index (χ0v) is 13.0. The summed E-state index contributed by atoms with van der Waals surface area (Å²) in [6.07, 6.45) is -4.27. The van der Waals surface area contributed by atoms with E-state index in [0.717, 1.165) is 11.1 Å². The van der Waals surface area contributed by atoms with Crippen LogP contribution in [0.2, 0.25) is 0 Å². The van der Waals surface area contributed by atoms with Crippen molar-refractivity contribution in [2.75, 3.05) is 0 Å². The molecule has 26 heavy (non-hydrogen) atoms. The highest BCUT2D eigenvalue weighted by atomic mass is 19.4. The summed E-state index contributed by atoms with van der Waals surface area (Å²) in [7, 11) is 0. The van der Waals surface area contributed by atoms with Gasteiger partial charge in [-0.15, -0.1) is 0 Å². The van der Waals surface area contributed by atoms with Crippen LogP contribution in [-0.4, -0.2) is 16.8 Å². The molecule has 3 rings (SSSR count). The fraction of sp³-hybridized carbons (Fsp3) is 0.176. The molecule has 0 bridgehead atoms. The largest absolute Gasteiger partial charge is 0.471 e. The molecule has 0 unspecified atom stereocenters. The molecule has 4 nitrogen and oxygen atoms in total. The molecule has 136 valence electrons. The van der Waals surface area contributed by atoms with Gasteiger partial charge in [0, 0.05) is 5.56 Å². The second-order valence-electron chi connectivity index (χ2n) is 5.32. The molecule has 0 aliphatic rings. The maximum Gasteiger partial charge on any atom is 0.471 e. The van der Waals surface area contributed by atoms with Crippen molar-refractivity contribution < 1.29 is 31.2 Å². The summed E-state index contributed by atoms with van der Waals surface area (Å²) < 4.78 is 70.5. The normalized spacial score (nSPS) is 11.8. The van der Waals surface area contributed by atoms with Crippen LogP contribution in [0.1, 0.15) is 17.0 Å². The predicted octanol–water partition coefficient (Wildman–Crippen LogP) is 4.95. The lowest BCUT2D eigenvalue weighted by Gasteiger charge is -2.07. The summed E-state index contributed by atoms with van der Waals surface area (Å²) in [5.74, 6) is -1.52. The van der Waals surface area contributed by atoms with E-state index in [4.69, 9.17) is 0 Å². The molecule has 0 saturated carbocycles. The first kappa shape index (κ1) is 17.8. The van der Waals surface area contributed by atoms with Crippen molar-refractivity contribution in [2.24, 2.45) is 0 Å². The van der Waals surface area contributed by atoms with E-state index in [1.54, 1.807) is 36.4 Å². The van der Waals surface area contributed by atoms with Crippen LogP contribution in [0.15, 0.2) is 53.1 Å². The summed E-state index contributed by atoms with van der Waals surface area (Å²) in [5.41, 5.74) is 1.93. The van der Waals surface area contributed by atoms with Gasteiger partial charge in [-0.3, -0.25) is 0 Å². The predicted molar refractivity (Wildman–Crippen MR) is 80.6 cm³/mol. The summed E-state index contributed by atoms with van der Waals surface area (Å²) in [6, 6.07) is 12.7. The van der Waals surface area contributed by atoms with Gasteiger partial charge in [0.2, 0.25) is 5.82 Å². The number of ether oxygens (including phenoxy) is 1. The topological polar surface area (TPSA) is 48.2 Å². The monoisotopic (exact) mass is 370 g/mol. The van der Waals surface area contributed by atoms with Gasteiger partial charge in [-0.25, -0.2) is 0 Å². The summed E-state index contributed by atoms with van der Waals surface area (Å²) in [6.45, 7) is -2.90. The molecule has 1 heterocycles. The third-order valence-corrected chi connectivity index (χ3v) is 3.41. The number of hydrogen-bond donors (Lipinski definition) is 0. The molecule has 0 saturated heterocycles. The van der Waals surface area contributed by atoms with Gasteiger partial charge in [0.15, 0.2) is 0 Å². The van der Waals surface area contributed by atoms with Crippen LogP contribution in [-0.2, 0) is 12.6 Å². The van der Waals surface area contributed by atoms with E-state index in [1.807, 2.05) is 0 Å². The SMILES string of the molecule is FC(F)Oc1cccc(Cc2ccc(-c3noc(C(F)(F)F)n3)cc2)c1. The van der Waals surface area contributed by atoms with Crippen molar-refractivity contribution in [3.8, 4) is 17.1 Å². The van der Waals surface area contributed by atoms with E-state index in [9.17, 15) is 22.0 Å². The van der Waals surface area contributed by atoms with E-state index >= 15 is 0 Å². The smallest absolute Gasteiger partial charge is 0.435 e. The Morgan fingerprint density at radius 3 is 2.35 bits per heavy atom. The number of nitrogens with zero attached hydrogens (tertiary/aromatic N) is 2. The molecule has 0 radical (unpaired) electrons. The first-order valence-corrected chi connectivity index (χ1v) is 7.35. The Hall–Kier alpha value is -2.97. The zero-order valence-electron chi connectivity index (χ0n) is 13.0. The molecule has 0 aliphatic carbocycles. The van der Waals surface area contributed by atoms with Crippen LogP contribution in [0.4, 0.5) is 22.0 Å². The molecule has 0 spiro atoms. The van der Waals surface area contributed by atoms with Crippen molar-refractivity contribution in [2.45, 2.75) is 19.2 Å². The Bertz CT molecular complexity index is 875. The van der Waals surface area contributed by atoms with Crippen LogP contribution in [0, 0.1) is 0 Å². The van der Waals surface area contributed by atoms with Crippen molar-refractivity contribution in [3.63, 3.8) is 0 Å². The molecule has 0 N–H and O–H groups in total. The first-order chi connectivity index (χ1) is 12.3. The van der Waals surface area contributed by atoms with Gasteiger partial charge >= 0.3 is 18.7 Å². The Kier molecular flexibility index (Phi) is 4.88. The standard InChI is InChI=1S/C17H11F5N2O2/c18-16(19)25-13-3-1-2-11(9-13)8-10-4-6-12(7-5-10)14-23-15(26-24-14)17(20,21)22/h1-7,9,16H,8H2. The quantitative estimate of drug-likeness (QED) is 0.597. The Balaban J connectivity index is 1.73. The molecule has 0 fully saturated rings. The van der Waals surface area contributed by atoms with Gasteiger partial charge in [0.05, 0.1) is 0 Å². The molecule has 1 aromatic heterocycles. The average Bonchev–Trinajstić information content (AvgIpc) is 3.05. The van der Waals surface area contributed by atoms with Crippen molar-refractivity contribution in [3.05, 3.63) is 65.5 Å². The third-order valence-electron chi connectivity index (χ3n) is 3.41. The molecule has 3 aromatic rings. The number of benzene rings is 2. The fourth-order valence-corrected chi connectivity index (χ4v) is 2.29. The van der Waals surface area contributed by atoms with Crippen LogP contribution < -0.4 is 4.74 Å². The fourth-order valence-electron chi connectivity index (χ4n) is 2.29. The van der Waals surface area contributed by atoms with Crippen molar-refractivity contribution in [1.82, 2.24) is 10.1 Å². The van der Waals surface area contributed by atoms with Gasteiger partial charge < -0.3 is 9.26 Å². The summed E-state index contributed by atoms with van der Waals surface area (Å²) in [4.78, 5) is 3.31. The Morgan fingerprint density at radius 2 is 1.73 bits per heavy atom. The van der Waals surface area contributed by atoms with Gasteiger partial charge in [-0.2, -0.15) is 26.9 Å². The van der Waals surface area contributed by atoms with Gasteiger partial charge in [0.1, 0.15) is 5.75 Å². The van der Waals surface area contributed by atoms with Crippen molar-refractivity contribution in [1.29, 1.82) is 0 Å².